The second-order valence-corrected chi connectivity index (χ2v) is 10.5. The first-order valence-corrected chi connectivity index (χ1v) is 14.4. The molecule has 0 saturated carbocycles. The standard InChI is InChI=1S/C40H25N5/c41-26-27-22-32(40-43-38(29-14-6-2-7-15-29)42-39(44-40)30-16-8-3-9-17-30)24-33(23-27)45-36-19-11-10-18-34(36)35-21-20-31(25-37(35)45)28-12-4-1-5-13-28/h1-25H/i1D,4D,5D,12D,13D. The van der Waals surface area contributed by atoms with Crippen LogP contribution < -0.4 is 0 Å². The lowest BCUT2D eigenvalue weighted by molar-refractivity contribution is 1.07. The third-order valence-electron chi connectivity index (χ3n) is 7.73. The number of nitrogens with zero attached hydrogens (tertiary/aromatic N) is 5. The van der Waals surface area contributed by atoms with Crippen molar-refractivity contribution in [1.82, 2.24) is 19.5 Å². The molecule has 45 heavy (non-hydrogen) atoms. The van der Waals surface area contributed by atoms with Crippen LogP contribution in [0.2, 0.25) is 0 Å². The molecule has 8 aromatic rings. The monoisotopic (exact) mass is 580 g/mol. The zero-order valence-corrected chi connectivity index (χ0v) is 23.8. The Morgan fingerprint density at radius 3 is 1.78 bits per heavy atom. The molecule has 6 aromatic carbocycles. The van der Waals surface area contributed by atoms with Crippen molar-refractivity contribution >= 4 is 21.8 Å². The van der Waals surface area contributed by atoms with Gasteiger partial charge in [-0.3, -0.25) is 0 Å². The molecule has 0 spiro atoms. The van der Waals surface area contributed by atoms with Crippen LogP contribution in [0.15, 0.2) is 152 Å². The molecule has 0 amide bonds. The molecule has 2 heterocycles. The summed E-state index contributed by atoms with van der Waals surface area (Å²) in [5.74, 6) is 1.40. The van der Waals surface area contributed by atoms with Gasteiger partial charge in [-0.1, -0.05) is 121 Å². The maximum atomic E-state index is 10.2. The van der Waals surface area contributed by atoms with E-state index in [2.05, 4.69) is 6.07 Å². The molecule has 0 aliphatic heterocycles. The van der Waals surface area contributed by atoms with Crippen molar-refractivity contribution in [2.24, 2.45) is 0 Å². The zero-order chi connectivity index (χ0) is 34.5. The van der Waals surface area contributed by atoms with Crippen LogP contribution in [0.4, 0.5) is 0 Å². The highest BCUT2D eigenvalue weighted by molar-refractivity contribution is 6.10. The largest absolute Gasteiger partial charge is 0.309 e. The van der Waals surface area contributed by atoms with E-state index in [1.54, 1.807) is 18.2 Å². The van der Waals surface area contributed by atoms with Crippen molar-refractivity contribution in [3.8, 4) is 57.0 Å². The summed E-state index contributed by atoms with van der Waals surface area (Å²) in [7, 11) is 0. The lowest BCUT2D eigenvalue weighted by Gasteiger charge is -2.13. The van der Waals surface area contributed by atoms with Gasteiger partial charge in [-0.05, 0) is 41.5 Å². The topological polar surface area (TPSA) is 67.4 Å². The molecular formula is C40H25N5. The lowest BCUT2D eigenvalue weighted by atomic mass is 10.0. The Kier molecular flexibility index (Phi) is 5.23. The smallest absolute Gasteiger partial charge is 0.164 e. The predicted molar refractivity (Wildman–Crippen MR) is 181 cm³/mol. The SMILES string of the molecule is [2H]c1c([2H])c([2H])c(-c2ccc3c4ccccc4n(-c4cc(C#N)cc(-c5nc(-c6ccccc6)nc(-c6ccccc6)n5)c4)c3c2)c([2H])c1[2H]. The first-order valence-electron chi connectivity index (χ1n) is 16.9. The highest BCUT2D eigenvalue weighted by Crippen LogP contribution is 2.36. The second-order valence-electron chi connectivity index (χ2n) is 10.5. The van der Waals surface area contributed by atoms with Gasteiger partial charge in [0.25, 0.3) is 0 Å². The van der Waals surface area contributed by atoms with Crippen LogP contribution in [0.1, 0.15) is 12.4 Å². The van der Waals surface area contributed by atoms with Gasteiger partial charge in [0.05, 0.1) is 29.5 Å². The van der Waals surface area contributed by atoms with Gasteiger partial charge in [-0.2, -0.15) is 5.26 Å². The summed E-state index contributed by atoms with van der Waals surface area (Å²) in [5, 5.41) is 12.1. The van der Waals surface area contributed by atoms with E-state index in [1.165, 1.54) is 0 Å². The number of nitriles is 1. The van der Waals surface area contributed by atoms with Gasteiger partial charge in [-0.25, -0.2) is 15.0 Å². The summed E-state index contributed by atoms with van der Waals surface area (Å²) < 4.78 is 43.8. The fraction of sp³-hybridized carbons (Fsp3) is 0. The number of benzene rings is 6. The number of hydrogen-bond donors (Lipinski definition) is 0. The first-order chi connectivity index (χ1) is 24.3. The molecule has 0 atom stereocenters. The molecule has 5 nitrogen and oxygen atoms in total. The van der Waals surface area contributed by atoms with Gasteiger partial charge in [0.1, 0.15) is 0 Å². The van der Waals surface area contributed by atoms with Crippen molar-refractivity contribution < 1.29 is 6.85 Å². The highest BCUT2D eigenvalue weighted by atomic mass is 15.0. The van der Waals surface area contributed by atoms with E-state index < -0.39 is 18.1 Å². The molecule has 2 aromatic heterocycles. The highest BCUT2D eigenvalue weighted by Gasteiger charge is 2.17. The minimum Gasteiger partial charge on any atom is -0.309 e. The van der Waals surface area contributed by atoms with Gasteiger partial charge >= 0.3 is 0 Å². The molecule has 0 aliphatic rings. The summed E-state index contributed by atoms with van der Waals surface area (Å²) in [6.45, 7) is 0. The third-order valence-corrected chi connectivity index (χ3v) is 7.73. The van der Waals surface area contributed by atoms with Crippen LogP contribution in [-0.2, 0) is 0 Å². The summed E-state index contributed by atoms with van der Waals surface area (Å²) in [5.41, 5.74) is 5.54. The van der Waals surface area contributed by atoms with Gasteiger partial charge in [0, 0.05) is 33.2 Å². The maximum Gasteiger partial charge on any atom is 0.164 e. The predicted octanol–water partition coefficient (Wildman–Crippen LogP) is 9.51. The molecule has 0 N–H and O–H groups in total. The van der Waals surface area contributed by atoms with Crippen LogP contribution in [0.5, 0.6) is 0 Å². The number of para-hydroxylation sites is 1. The first kappa shape index (κ1) is 21.3. The fourth-order valence-electron chi connectivity index (χ4n) is 5.67. The number of hydrogen-bond acceptors (Lipinski definition) is 4. The second kappa shape index (κ2) is 11.0. The van der Waals surface area contributed by atoms with Crippen molar-refractivity contribution in [2.45, 2.75) is 0 Å². The van der Waals surface area contributed by atoms with Crippen LogP contribution in [-0.4, -0.2) is 19.5 Å². The van der Waals surface area contributed by atoms with E-state index in [9.17, 15) is 5.26 Å². The van der Waals surface area contributed by atoms with E-state index >= 15 is 0 Å². The molecule has 210 valence electrons. The van der Waals surface area contributed by atoms with E-state index in [0.29, 0.717) is 39.9 Å². The van der Waals surface area contributed by atoms with Gasteiger partial charge < -0.3 is 4.57 Å². The molecule has 0 fully saturated rings. The van der Waals surface area contributed by atoms with Crippen molar-refractivity contribution in [2.75, 3.05) is 0 Å². The average Bonchev–Trinajstić information content (AvgIpc) is 3.50. The molecule has 0 bridgehead atoms. The molecule has 5 heteroatoms. The maximum absolute atomic E-state index is 10.2. The molecule has 0 saturated heterocycles. The zero-order valence-electron chi connectivity index (χ0n) is 28.8. The number of aromatic nitrogens is 4. The van der Waals surface area contributed by atoms with Crippen molar-refractivity contribution in [3.05, 3.63) is 157 Å². The van der Waals surface area contributed by atoms with Crippen molar-refractivity contribution in [3.63, 3.8) is 0 Å². The Hall–Kier alpha value is -6.38. The quantitative estimate of drug-likeness (QED) is 0.203. The Balaban J connectivity index is 1.38. The lowest BCUT2D eigenvalue weighted by Crippen LogP contribution is -2.02. The Morgan fingerprint density at radius 1 is 0.511 bits per heavy atom. The minimum absolute atomic E-state index is 0.119. The summed E-state index contributed by atoms with van der Waals surface area (Å²) in [6.07, 6.45) is 0. The normalized spacial score (nSPS) is 12.6. The average molecular weight is 581 g/mol. The van der Waals surface area contributed by atoms with E-state index in [-0.39, 0.29) is 17.6 Å². The van der Waals surface area contributed by atoms with E-state index in [1.807, 2.05) is 108 Å². The Morgan fingerprint density at radius 2 is 1.11 bits per heavy atom. The summed E-state index contributed by atoms with van der Waals surface area (Å²) in [6, 6.07) is 38.8. The third kappa shape index (κ3) is 4.81. The van der Waals surface area contributed by atoms with Crippen LogP contribution in [0.25, 0.3) is 72.8 Å². The molecule has 0 unspecified atom stereocenters. The fourth-order valence-corrected chi connectivity index (χ4v) is 5.67. The van der Waals surface area contributed by atoms with E-state index in [4.69, 9.17) is 21.8 Å². The summed E-state index contributed by atoms with van der Waals surface area (Å²) >= 11 is 0. The van der Waals surface area contributed by atoms with E-state index in [0.717, 1.165) is 32.9 Å². The summed E-state index contributed by atoms with van der Waals surface area (Å²) in [4.78, 5) is 14.6. The van der Waals surface area contributed by atoms with Crippen LogP contribution in [0.3, 0.4) is 0 Å². The van der Waals surface area contributed by atoms with Crippen LogP contribution >= 0.6 is 0 Å². The minimum atomic E-state index is -0.441. The van der Waals surface area contributed by atoms with Crippen molar-refractivity contribution in [1.29, 1.82) is 5.26 Å². The number of fused-ring (bicyclic) bond motifs is 3. The van der Waals surface area contributed by atoms with Gasteiger partial charge in [0.15, 0.2) is 17.5 Å². The van der Waals surface area contributed by atoms with Gasteiger partial charge in [0.2, 0.25) is 0 Å². The Bertz CT molecular complexity index is 2580. The molecule has 0 aliphatic carbocycles. The number of rotatable bonds is 5. The molecule has 0 radical (unpaired) electrons. The molecule has 8 rings (SSSR count). The Labute approximate surface area is 267 Å². The van der Waals surface area contributed by atoms with Crippen LogP contribution in [0, 0.1) is 11.3 Å². The molecular weight excluding hydrogens is 550 g/mol. The van der Waals surface area contributed by atoms with Gasteiger partial charge in [-0.15, -0.1) is 0 Å².